The predicted molar refractivity (Wildman–Crippen MR) is 71.1 cm³/mol. The molecule has 4 heteroatoms. The molecule has 0 aromatic heterocycles. The summed E-state index contributed by atoms with van der Waals surface area (Å²) in [4.78, 5) is 14.2. The summed E-state index contributed by atoms with van der Waals surface area (Å²) in [5.74, 6) is 0.0260. The molecule has 1 aromatic carbocycles. The Morgan fingerprint density at radius 3 is 2.83 bits per heavy atom. The smallest absolute Gasteiger partial charge is 0.254 e. The molecule has 0 bridgehead atoms. The van der Waals surface area contributed by atoms with Crippen LogP contribution in [0, 0.1) is 0 Å². The second-order valence-electron chi connectivity index (χ2n) is 5.18. The van der Waals surface area contributed by atoms with E-state index < -0.39 is 5.60 Å². The number of benzene rings is 1. The van der Waals surface area contributed by atoms with Gasteiger partial charge < -0.3 is 15.4 Å². The van der Waals surface area contributed by atoms with Crippen LogP contribution in [-0.2, 0) is 22.5 Å². The van der Waals surface area contributed by atoms with Crippen LogP contribution in [0.3, 0.4) is 0 Å². The van der Waals surface area contributed by atoms with Crippen molar-refractivity contribution in [1.82, 2.24) is 4.90 Å². The molecule has 4 nitrogen and oxygen atoms in total. The van der Waals surface area contributed by atoms with Gasteiger partial charge in [-0.05, 0) is 37.5 Å². The maximum Gasteiger partial charge on any atom is 0.254 e. The molecule has 2 rings (SSSR count). The van der Waals surface area contributed by atoms with E-state index in [9.17, 15) is 4.79 Å². The van der Waals surface area contributed by atoms with Gasteiger partial charge in [-0.15, -0.1) is 0 Å². The average molecular weight is 248 g/mol. The minimum atomic E-state index is -0.766. The highest BCUT2D eigenvalue weighted by Gasteiger charge is 2.33. The van der Waals surface area contributed by atoms with E-state index in [0.29, 0.717) is 13.1 Å². The standard InChI is InChI=1S/C14H20N2O2/c1-14(2,18-3)13(17)16-8-7-11-10(9-16)5-4-6-12(11)15/h4-6H,7-9,15H2,1-3H3. The Bertz CT molecular complexity index is 469. The third-order valence-corrected chi connectivity index (χ3v) is 3.61. The number of carbonyl (C=O) groups excluding carboxylic acids is 1. The molecular weight excluding hydrogens is 228 g/mol. The molecule has 1 aliphatic heterocycles. The number of rotatable bonds is 2. The van der Waals surface area contributed by atoms with E-state index in [-0.39, 0.29) is 5.91 Å². The number of anilines is 1. The van der Waals surface area contributed by atoms with Crippen molar-refractivity contribution in [2.24, 2.45) is 0 Å². The molecule has 1 amide bonds. The van der Waals surface area contributed by atoms with E-state index in [0.717, 1.165) is 17.7 Å². The van der Waals surface area contributed by atoms with Crippen LogP contribution in [-0.4, -0.2) is 30.1 Å². The van der Waals surface area contributed by atoms with E-state index in [1.807, 2.05) is 23.1 Å². The Kier molecular flexibility index (Phi) is 3.30. The summed E-state index contributed by atoms with van der Waals surface area (Å²) in [6, 6.07) is 5.88. The van der Waals surface area contributed by atoms with Gasteiger partial charge in [0.25, 0.3) is 5.91 Å². The molecule has 98 valence electrons. The van der Waals surface area contributed by atoms with Gasteiger partial charge >= 0.3 is 0 Å². The van der Waals surface area contributed by atoms with E-state index in [2.05, 4.69) is 0 Å². The number of carbonyl (C=O) groups is 1. The Balaban J connectivity index is 2.20. The summed E-state index contributed by atoms with van der Waals surface area (Å²) in [6.07, 6.45) is 0.813. The van der Waals surface area contributed by atoms with Gasteiger partial charge in [-0.3, -0.25) is 4.79 Å². The number of nitrogen functional groups attached to an aromatic ring is 1. The highest BCUT2D eigenvalue weighted by atomic mass is 16.5. The second-order valence-corrected chi connectivity index (χ2v) is 5.18. The number of nitrogens with two attached hydrogens (primary N) is 1. The van der Waals surface area contributed by atoms with E-state index in [1.165, 1.54) is 5.56 Å². The van der Waals surface area contributed by atoms with Crippen LogP contribution < -0.4 is 5.73 Å². The van der Waals surface area contributed by atoms with E-state index in [1.54, 1.807) is 21.0 Å². The second kappa shape index (κ2) is 4.61. The molecular formula is C14H20N2O2. The van der Waals surface area contributed by atoms with E-state index >= 15 is 0 Å². The molecule has 0 radical (unpaired) electrons. The Morgan fingerprint density at radius 2 is 2.17 bits per heavy atom. The summed E-state index contributed by atoms with van der Waals surface area (Å²) >= 11 is 0. The minimum absolute atomic E-state index is 0.0260. The van der Waals surface area contributed by atoms with Gasteiger partial charge in [0, 0.05) is 25.9 Å². The molecule has 1 heterocycles. The third-order valence-electron chi connectivity index (χ3n) is 3.61. The third kappa shape index (κ3) is 2.20. The van der Waals surface area contributed by atoms with Crippen molar-refractivity contribution in [3.8, 4) is 0 Å². The molecule has 0 fully saturated rings. The predicted octanol–water partition coefficient (Wildman–Crippen LogP) is 1.58. The first-order valence-electron chi connectivity index (χ1n) is 6.16. The monoisotopic (exact) mass is 248 g/mol. The van der Waals surface area contributed by atoms with Crippen molar-refractivity contribution in [2.45, 2.75) is 32.4 Å². The normalized spacial score (nSPS) is 15.4. The Hall–Kier alpha value is -1.55. The number of fused-ring (bicyclic) bond motifs is 1. The van der Waals surface area contributed by atoms with Gasteiger partial charge in [-0.25, -0.2) is 0 Å². The van der Waals surface area contributed by atoms with Crippen LogP contribution >= 0.6 is 0 Å². The van der Waals surface area contributed by atoms with Crippen LogP contribution in [0.2, 0.25) is 0 Å². The molecule has 2 N–H and O–H groups in total. The Labute approximate surface area is 108 Å². The molecule has 0 atom stereocenters. The van der Waals surface area contributed by atoms with Crippen LogP contribution in [0.5, 0.6) is 0 Å². The highest BCUT2D eigenvalue weighted by Crippen LogP contribution is 2.26. The summed E-state index contributed by atoms with van der Waals surface area (Å²) in [5, 5.41) is 0. The first-order valence-corrected chi connectivity index (χ1v) is 6.16. The largest absolute Gasteiger partial charge is 0.398 e. The minimum Gasteiger partial charge on any atom is -0.398 e. The van der Waals surface area contributed by atoms with Crippen molar-refractivity contribution in [1.29, 1.82) is 0 Å². The molecule has 1 aliphatic rings. The lowest BCUT2D eigenvalue weighted by Gasteiger charge is -2.34. The van der Waals surface area contributed by atoms with Gasteiger partial charge in [0.15, 0.2) is 0 Å². The fraction of sp³-hybridized carbons (Fsp3) is 0.500. The number of amides is 1. The first kappa shape index (κ1) is 12.9. The molecule has 0 spiro atoms. The number of ether oxygens (including phenoxy) is 1. The quantitative estimate of drug-likeness (QED) is 0.808. The van der Waals surface area contributed by atoms with Crippen molar-refractivity contribution < 1.29 is 9.53 Å². The molecule has 0 unspecified atom stereocenters. The molecule has 18 heavy (non-hydrogen) atoms. The van der Waals surface area contributed by atoms with Crippen molar-refractivity contribution in [3.63, 3.8) is 0 Å². The fourth-order valence-corrected chi connectivity index (χ4v) is 2.28. The topological polar surface area (TPSA) is 55.6 Å². The Morgan fingerprint density at radius 1 is 1.44 bits per heavy atom. The highest BCUT2D eigenvalue weighted by molar-refractivity contribution is 5.84. The zero-order valence-corrected chi connectivity index (χ0v) is 11.2. The van der Waals surface area contributed by atoms with Gasteiger partial charge in [-0.2, -0.15) is 0 Å². The zero-order valence-electron chi connectivity index (χ0n) is 11.2. The summed E-state index contributed by atoms with van der Waals surface area (Å²) in [5.41, 5.74) is 8.32. The first-order chi connectivity index (χ1) is 8.45. The fourth-order valence-electron chi connectivity index (χ4n) is 2.28. The van der Waals surface area contributed by atoms with Gasteiger partial charge in [0.1, 0.15) is 5.60 Å². The van der Waals surface area contributed by atoms with E-state index in [4.69, 9.17) is 10.5 Å². The number of hydrogen-bond donors (Lipinski definition) is 1. The lowest BCUT2D eigenvalue weighted by molar-refractivity contribution is -0.152. The number of hydrogen-bond acceptors (Lipinski definition) is 3. The molecule has 0 saturated heterocycles. The summed E-state index contributed by atoms with van der Waals surface area (Å²) < 4.78 is 5.25. The maximum absolute atomic E-state index is 12.3. The lowest BCUT2D eigenvalue weighted by Crippen LogP contribution is -2.48. The van der Waals surface area contributed by atoms with Crippen molar-refractivity contribution in [3.05, 3.63) is 29.3 Å². The molecule has 0 saturated carbocycles. The number of methoxy groups -OCH3 is 1. The number of nitrogens with zero attached hydrogens (tertiary/aromatic N) is 1. The van der Waals surface area contributed by atoms with Crippen molar-refractivity contribution in [2.75, 3.05) is 19.4 Å². The van der Waals surface area contributed by atoms with Crippen LogP contribution in [0.15, 0.2) is 18.2 Å². The molecule has 0 aliphatic carbocycles. The lowest BCUT2D eigenvalue weighted by atomic mass is 9.96. The average Bonchev–Trinajstić information content (AvgIpc) is 2.37. The van der Waals surface area contributed by atoms with Gasteiger partial charge in [0.05, 0.1) is 0 Å². The van der Waals surface area contributed by atoms with Crippen molar-refractivity contribution >= 4 is 11.6 Å². The zero-order chi connectivity index (χ0) is 13.3. The van der Waals surface area contributed by atoms with Gasteiger partial charge in [0.2, 0.25) is 0 Å². The summed E-state index contributed by atoms with van der Waals surface area (Å²) in [7, 11) is 1.56. The SMILES string of the molecule is COC(C)(C)C(=O)N1CCc2c(N)cccc2C1. The summed E-state index contributed by atoms with van der Waals surface area (Å²) in [6.45, 7) is 4.91. The maximum atomic E-state index is 12.3. The van der Waals surface area contributed by atoms with Crippen LogP contribution in [0.1, 0.15) is 25.0 Å². The van der Waals surface area contributed by atoms with Gasteiger partial charge in [-0.1, -0.05) is 12.1 Å². The van der Waals surface area contributed by atoms with Crippen LogP contribution in [0.25, 0.3) is 0 Å². The van der Waals surface area contributed by atoms with Crippen LogP contribution in [0.4, 0.5) is 5.69 Å². The molecule has 1 aromatic rings.